The highest BCUT2D eigenvalue weighted by Gasteiger charge is 2.25. The van der Waals surface area contributed by atoms with Gasteiger partial charge in [0.1, 0.15) is 12.1 Å². The molecule has 0 spiro atoms. The summed E-state index contributed by atoms with van der Waals surface area (Å²) in [6.45, 7) is 3.77. The van der Waals surface area contributed by atoms with Crippen LogP contribution in [0.4, 0.5) is 0 Å². The number of benzene rings is 2. The summed E-state index contributed by atoms with van der Waals surface area (Å²) in [5.41, 5.74) is 2.84. The first-order chi connectivity index (χ1) is 9.90. The monoisotopic (exact) mass is 265 g/mol. The van der Waals surface area contributed by atoms with Crippen LogP contribution in [0.5, 0.6) is 0 Å². The predicted octanol–water partition coefficient (Wildman–Crippen LogP) is 2.73. The van der Waals surface area contributed by atoms with E-state index in [-0.39, 0.29) is 0 Å². The van der Waals surface area contributed by atoms with Gasteiger partial charge in [-0.2, -0.15) is 0 Å². The molecule has 3 rings (SSSR count). The summed E-state index contributed by atoms with van der Waals surface area (Å²) >= 11 is 0. The molecule has 1 heterocycles. The van der Waals surface area contributed by atoms with Crippen LogP contribution in [-0.4, -0.2) is 13.1 Å². The zero-order valence-electron chi connectivity index (χ0n) is 12.0. The minimum Gasteiger partial charge on any atom is -0.331 e. The van der Waals surface area contributed by atoms with E-state index in [0.717, 1.165) is 5.92 Å². The number of hydrogen-bond donors (Lipinski definition) is 1. The van der Waals surface area contributed by atoms with Crippen LogP contribution >= 0.6 is 0 Å². The third-order valence-corrected chi connectivity index (χ3v) is 4.26. The van der Waals surface area contributed by atoms with E-state index in [0.29, 0.717) is 0 Å². The van der Waals surface area contributed by atoms with Gasteiger partial charge < -0.3 is 4.90 Å². The van der Waals surface area contributed by atoms with Gasteiger partial charge in [-0.15, -0.1) is 0 Å². The fraction of sp³-hybridized carbons (Fsp3) is 0.316. The van der Waals surface area contributed by atoms with Crippen LogP contribution in [0.3, 0.4) is 0 Å². The third-order valence-electron chi connectivity index (χ3n) is 4.26. The molecule has 0 aliphatic carbocycles. The first-order valence-corrected chi connectivity index (χ1v) is 7.67. The molecule has 1 N–H and O–H groups in total. The van der Waals surface area contributed by atoms with E-state index >= 15 is 0 Å². The number of piperidine rings is 1. The van der Waals surface area contributed by atoms with Crippen LogP contribution in [-0.2, 0) is 6.54 Å². The van der Waals surface area contributed by atoms with Gasteiger partial charge in [0.15, 0.2) is 0 Å². The van der Waals surface area contributed by atoms with Crippen molar-refractivity contribution in [2.24, 2.45) is 5.92 Å². The quantitative estimate of drug-likeness (QED) is 0.811. The van der Waals surface area contributed by atoms with E-state index < -0.39 is 0 Å². The van der Waals surface area contributed by atoms with Gasteiger partial charge in [0.2, 0.25) is 0 Å². The molecule has 1 aliphatic rings. The highest BCUT2D eigenvalue weighted by molar-refractivity contribution is 5.23. The largest absolute Gasteiger partial charge is 0.331 e. The number of hydrogen-bond acceptors (Lipinski definition) is 0. The predicted molar refractivity (Wildman–Crippen MR) is 83.4 cm³/mol. The maximum atomic E-state index is 2.46. The van der Waals surface area contributed by atoms with Crippen molar-refractivity contribution in [2.45, 2.75) is 19.4 Å². The van der Waals surface area contributed by atoms with Crippen LogP contribution in [0.1, 0.15) is 24.0 Å². The Kier molecular flexibility index (Phi) is 4.39. The van der Waals surface area contributed by atoms with E-state index in [9.17, 15) is 0 Å². The van der Waals surface area contributed by atoms with Gasteiger partial charge in [0.05, 0.1) is 13.1 Å². The lowest BCUT2D eigenvalue weighted by molar-refractivity contribution is -0.919. The van der Waals surface area contributed by atoms with Gasteiger partial charge >= 0.3 is 0 Å². The third kappa shape index (κ3) is 3.64. The van der Waals surface area contributed by atoms with Crippen LogP contribution < -0.4 is 4.90 Å². The van der Waals surface area contributed by atoms with Crippen molar-refractivity contribution in [3.8, 4) is 0 Å². The Balaban J connectivity index is 1.47. The maximum Gasteiger partial charge on any atom is 0.130 e. The maximum absolute atomic E-state index is 2.46. The Morgan fingerprint density at radius 2 is 1.45 bits per heavy atom. The summed E-state index contributed by atoms with van der Waals surface area (Å²) in [4.78, 5) is 1.73. The second-order valence-electron chi connectivity index (χ2n) is 5.83. The van der Waals surface area contributed by atoms with E-state index in [1.807, 2.05) is 0 Å². The summed E-state index contributed by atoms with van der Waals surface area (Å²) in [5.74, 6) is 0.761. The Labute approximate surface area is 122 Å². The summed E-state index contributed by atoms with van der Waals surface area (Å²) in [7, 11) is 0. The number of rotatable bonds is 4. The Morgan fingerprint density at radius 3 is 2.10 bits per heavy atom. The molecular formula is C19H23N+2. The molecule has 1 saturated heterocycles. The van der Waals surface area contributed by atoms with Crippen molar-refractivity contribution in [2.75, 3.05) is 13.1 Å². The molecule has 0 amide bonds. The van der Waals surface area contributed by atoms with Crippen LogP contribution in [0.25, 0.3) is 0 Å². The molecular weight excluding hydrogens is 242 g/mol. The molecule has 0 radical (unpaired) electrons. The van der Waals surface area contributed by atoms with Gasteiger partial charge in [-0.3, -0.25) is 0 Å². The van der Waals surface area contributed by atoms with Gasteiger partial charge in [-0.25, -0.2) is 0 Å². The summed E-state index contributed by atoms with van der Waals surface area (Å²) in [6, 6.07) is 21.6. The van der Waals surface area contributed by atoms with E-state index in [4.69, 9.17) is 0 Å². The fourth-order valence-corrected chi connectivity index (χ4v) is 3.11. The lowest BCUT2D eigenvalue weighted by Gasteiger charge is -2.27. The van der Waals surface area contributed by atoms with Crippen molar-refractivity contribution in [1.82, 2.24) is 0 Å². The van der Waals surface area contributed by atoms with Crippen molar-refractivity contribution in [3.63, 3.8) is 0 Å². The van der Waals surface area contributed by atoms with Crippen molar-refractivity contribution < 1.29 is 4.90 Å². The van der Waals surface area contributed by atoms with E-state index in [1.54, 1.807) is 4.90 Å². The molecule has 0 aromatic heterocycles. The molecule has 0 saturated carbocycles. The first kappa shape index (κ1) is 13.3. The lowest BCUT2D eigenvalue weighted by Crippen LogP contribution is -3.11. The topological polar surface area (TPSA) is 4.44 Å². The SMILES string of the molecule is c1ccc([CH+]C2CC[NH+](Cc3ccccc3)CC2)cc1. The first-order valence-electron chi connectivity index (χ1n) is 7.67. The molecule has 1 nitrogen and oxygen atoms in total. The molecule has 2 aromatic carbocycles. The van der Waals surface area contributed by atoms with Crippen molar-refractivity contribution in [3.05, 3.63) is 78.2 Å². The Bertz CT molecular complexity index is 448. The Hall–Kier alpha value is -1.73. The average molecular weight is 265 g/mol. The second-order valence-corrected chi connectivity index (χ2v) is 5.83. The number of nitrogens with one attached hydrogen (secondary N) is 1. The molecule has 102 valence electrons. The van der Waals surface area contributed by atoms with Crippen LogP contribution in [0, 0.1) is 12.3 Å². The smallest absolute Gasteiger partial charge is 0.130 e. The Morgan fingerprint density at radius 1 is 0.850 bits per heavy atom. The fourth-order valence-electron chi connectivity index (χ4n) is 3.11. The van der Waals surface area contributed by atoms with E-state index in [1.165, 1.54) is 43.6 Å². The standard InChI is InChI=1S/C19H22N/c1-3-7-17(8-4-1)15-18-11-13-20(14-12-18)16-19-9-5-2-6-10-19/h1-10,15,18H,11-14,16H2/q+1/p+1. The van der Waals surface area contributed by atoms with Crippen LogP contribution in [0.2, 0.25) is 0 Å². The average Bonchev–Trinajstić information content (AvgIpc) is 2.51. The lowest BCUT2D eigenvalue weighted by atomic mass is 9.90. The molecule has 1 heteroatoms. The summed E-state index contributed by atoms with van der Waals surface area (Å²) in [6.07, 6.45) is 5.09. The van der Waals surface area contributed by atoms with Gasteiger partial charge in [-0.05, 0) is 18.2 Å². The second kappa shape index (κ2) is 6.62. The van der Waals surface area contributed by atoms with Gasteiger partial charge in [0, 0.05) is 42.9 Å². The minimum absolute atomic E-state index is 0.761. The minimum atomic E-state index is 0.761. The normalized spacial score (nSPS) is 22.4. The molecule has 1 aliphatic heterocycles. The number of likely N-dealkylation sites (tertiary alicyclic amines) is 1. The molecule has 0 bridgehead atoms. The van der Waals surface area contributed by atoms with Crippen LogP contribution in [0.15, 0.2) is 60.7 Å². The molecule has 0 atom stereocenters. The van der Waals surface area contributed by atoms with Crippen molar-refractivity contribution >= 4 is 0 Å². The van der Waals surface area contributed by atoms with Gasteiger partial charge in [-0.1, -0.05) is 30.3 Å². The molecule has 20 heavy (non-hydrogen) atoms. The highest BCUT2D eigenvalue weighted by atomic mass is 15.1. The summed E-state index contributed by atoms with van der Waals surface area (Å²) < 4.78 is 0. The molecule has 1 fully saturated rings. The molecule has 2 aromatic rings. The highest BCUT2D eigenvalue weighted by Crippen LogP contribution is 2.18. The summed E-state index contributed by atoms with van der Waals surface area (Å²) in [5, 5.41) is 0. The van der Waals surface area contributed by atoms with Gasteiger partial charge in [0.25, 0.3) is 0 Å². The zero-order chi connectivity index (χ0) is 13.6. The van der Waals surface area contributed by atoms with E-state index in [2.05, 4.69) is 67.1 Å². The number of quaternary nitrogens is 1. The zero-order valence-corrected chi connectivity index (χ0v) is 12.0. The molecule has 0 unspecified atom stereocenters. The van der Waals surface area contributed by atoms with Crippen molar-refractivity contribution in [1.29, 1.82) is 0 Å².